The third-order valence-corrected chi connectivity index (χ3v) is 5.63. The smallest absolute Gasteiger partial charge is 0.223 e. The van der Waals surface area contributed by atoms with Gasteiger partial charge in [0.05, 0.1) is 16.8 Å². The van der Waals surface area contributed by atoms with E-state index in [1.807, 2.05) is 25.3 Å². The molecular formula is C19H22ClN5O2S. The minimum Gasteiger partial charge on any atom is -0.396 e. The highest BCUT2D eigenvalue weighted by Crippen LogP contribution is 2.30. The Balaban J connectivity index is 1.90. The molecular weight excluding hydrogens is 398 g/mol. The van der Waals surface area contributed by atoms with Gasteiger partial charge >= 0.3 is 0 Å². The summed E-state index contributed by atoms with van der Waals surface area (Å²) in [5.74, 6) is 6.41. The van der Waals surface area contributed by atoms with Crippen molar-refractivity contribution in [3.05, 3.63) is 34.1 Å². The summed E-state index contributed by atoms with van der Waals surface area (Å²) < 4.78 is 0. The Hall–Kier alpha value is -2.05. The maximum atomic E-state index is 10.0. The Labute approximate surface area is 173 Å². The van der Waals surface area contributed by atoms with Crippen LogP contribution in [0.15, 0.2) is 17.2 Å². The number of nitrogens with two attached hydrogens (primary N) is 1. The van der Waals surface area contributed by atoms with Crippen molar-refractivity contribution < 1.29 is 10.2 Å². The monoisotopic (exact) mass is 419 g/mol. The number of anilines is 2. The molecule has 2 aromatic rings. The standard InChI is InChI=1S/C19H22ClN5O2S/c1-10-11(4-6-16(22-10)28-2)3-5-14-17(20)24-19(21)25-18(14)23-13-7-12(9-26)15(27)8-13/h4,6,12-13,15,26-27H,7-9H2,1-2H3,(H3,21,23,24,25). The molecule has 2 aromatic heterocycles. The van der Waals surface area contributed by atoms with Gasteiger partial charge in [0.25, 0.3) is 0 Å². The van der Waals surface area contributed by atoms with Crippen molar-refractivity contribution in [1.82, 2.24) is 15.0 Å². The Morgan fingerprint density at radius 2 is 2.07 bits per heavy atom. The molecule has 3 rings (SSSR count). The van der Waals surface area contributed by atoms with Crippen LogP contribution < -0.4 is 11.1 Å². The molecule has 2 heterocycles. The molecule has 0 aromatic carbocycles. The largest absolute Gasteiger partial charge is 0.396 e. The molecule has 0 aliphatic heterocycles. The number of aliphatic hydroxyl groups is 2. The van der Waals surface area contributed by atoms with Gasteiger partial charge in [0.2, 0.25) is 5.95 Å². The number of nitrogens with one attached hydrogen (secondary N) is 1. The van der Waals surface area contributed by atoms with Gasteiger partial charge < -0.3 is 21.3 Å². The van der Waals surface area contributed by atoms with Crippen LogP contribution in [0.1, 0.15) is 29.7 Å². The normalized spacial score (nSPS) is 21.2. The van der Waals surface area contributed by atoms with Crippen molar-refractivity contribution in [2.24, 2.45) is 5.92 Å². The fourth-order valence-corrected chi connectivity index (χ4v) is 3.84. The number of hydrogen-bond donors (Lipinski definition) is 4. The van der Waals surface area contributed by atoms with E-state index >= 15 is 0 Å². The number of aromatic nitrogens is 3. The van der Waals surface area contributed by atoms with E-state index in [-0.39, 0.29) is 29.7 Å². The molecule has 148 valence electrons. The summed E-state index contributed by atoms with van der Waals surface area (Å²) >= 11 is 7.85. The number of nitrogen functional groups attached to an aromatic ring is 1. The number of nitrogens with zero attached hydrogens (tertiary/aromatic N) is 3. The molecule has 7 nitrogen and oxygen atoms in total. The van der Waals surface area contributed by atoms with E-state index in [0.717, 1.165) is 16.3 Å². The molecule has 28 heavy (non-hydrogen) atoms. The molecule has 0 bridgehead atoms. The minimum atomic E-state index is -0.560. The van der Waals surface area contributed by atoms with Crippen LogP contribution in [0.2, 0.25) is 5.15 Å². The maximum Gasteiger partial charge on any atom is 0.223 e. The van der Waals surface area contributed by atoms with Crippen molar-refractivity contribution in [2.45, 2.75) is 36.9 Å². The van der Waals surface area contributed by atoms with E-state index in [0.29, 0.717) is 24.2 Å². The fraction of sp³-hybridized carbons (Fsp3) is 0.421. The lowest BCUT2D eigenvalue weighted by Gasteiger charge is -2.15. The zero-order valence-electron chi connectivity index (χ0n) is 15.6. The predicted octanol–water partition coefficient (Wildman–Crippen LogP) is 2.08. The molecule has 0 saturated heterocycles. The summed E-state index contributed by atoms with van der Waals surface area (Å²) in [6.45, 7) is 1.84. The van der Waals surface area contributed by atoms with E-state index in [1.54, 1.807) is 11.8 Å². The number of aryl methyl sites for hydroxylation is 1. The number of rotatable bonds is 4. The molecule has 3 unspecified atom stereocenters. The van der Waals surface area contributed by atoms with Gasteiger partial charge in [0, 0.05) is 24.1 Å². The van der Waals surface area contributed by atoms with Crippen LogP contribution in [0.3, 0.4) is 0 Å². The Morgan fingerprint density at radius 1 is 1.29 bits per heavy atom. The molecule has 0 amide bonds. The number of halogens is 1. The zero-order valence-corrected chi connectivity index (χ0v) is 17.2. The fourth-order valence-electron chi connectivity index (χ4n) is 3.19. The van der Waals surface area contributed by atoms with Gasteiger partial charge in [0.15, 0.2) is 5.15 Å². The average molecular weight is 420 g/mol. The quantitative estimate of drug-likeness (QED) is 0.338. The lowest BCUT2D eigenvalue weighted by Crippen LogP contribution is -2.19. The minimum absolute atomic E-state index is 0.0393. The van der Waals surface area contributed by atoms with E-state index < -0.39 is 6.10 Å². The Kier molecular flexibility index (Phi) is 6.62. The summed E-state index contributed by atoms with van der Waals surface area (Å²) in [4.78, 5) is 12.7. The number of hydrogen-bond acceptors (Lipinski definition) is 8. The van der Waals surface area contributed by atoms with E-state index in [4.69, 9.17) is 17.3 Å². The number of aliphatic hydroxyl groups excluding tert-OH is 2. The van der Waals surface area contributed by atoms with Crippen LogP contribution in [-0.2, 0) is 0 Å². The highest BCUT2D eigenvalue weighted by molar-refractivity contribution is 7.98. The molecule has 0 radical (unpaired) electrons. The predicted molar refractivity (Wildman–Crippen MR) is 111 cm³/mol. The molecule has 0 spiro atoms. The summed E-state index contributed by atoms with van der Waals surface area (Å²) in [7, 11) is 0. The van der Waals surface area contributed by atoms with Crippen LogP contribution in [0, 0.1) is 24.7 Å². The van der Waals surface area contributed by atoms with Gasteiger partial charge in [-0.1, -0.05) is 23.4 Å². The lowest BCUT2D eigenvalue weighted by atomic mass is 10.1. The highest BCUT2D eigenvalue weighted by Gasteiger charge is 2.33. The van der Waals surface area contributed by atoms with E-state index in [9.17, 15) is 10.2 Å². The van der Waals surface area contributed by atoms with Crippen LogP contribution in [0.25, 0.3) is 0 Å². The Bertz CT molecular complexity index is 931. The maximum absolute atomic E-state index is 10.0. The summed E-state index contributed by atoms with van der Waals surface area (Å²) in [5, 5.41) is 23.7. The second-order valence-corrected chi connectivity index (χ2v) is 7.84. The first kappa shape index (κ1) is 20.7. The third-order valence-electron chi connectivity index (χ3n) is 4.71. The first-order chi connectivity index (χ1) is 13.4. The van der Waals surface area contributed by atoms with E-state index in [1.165, 1.54) is 0 Å². The number of thioether (sulfide) groups is 1. The van der Waals surface area contributed by atoms with Crippen LogP contribution in [0.5, 0.6) is 0 Å². The number of pyridine rings is 1. The van der Waals surface area contributed by atoms with Gasteiger partial charge in [-0.15, -0.1) is 11.8 Å². The van der Waals surface area contributed by atoms with Gasteiger partial charge in [-0.05, 0) is 38.2 Å². The molecule has 9 heteroatoms. The van der Waals surface area contributed by atoms with Crippen molar-refractivity contribution in [3.8, 4) is 11.8 Å². The lowest BCUT2D eigenvalue weighted by molar-refractivity contribution is 0.0908. The van der Waals surface area contributed by atoms with Crippen molar-refractivity contribution >= 4 is 35.1 Å². The van der Waals surface area contributed by atoms with Crippen molar-refractivity contribution in [3.63, 3.8) is 0 Å². The molecule has 1 fully saturated rings. The van der Waals surface area contributed by atoms with Crippen molar-refractivity contribution in [1.29, 1.82) is 0 Å². The van der Waals surface area contributed by atoms with E-state index in [2.05, 4.69) is 32.1 Å². The van der Waals surface area contributed by atoms with Crippen molar-refractivity contribution in [2.75, 3.05) is 23.9 Å². The summed E-state index contributed by atoms with van der Waals surface area (Å²) in [6.07, 6.45) is 2.53. The topological polar surface area (TPSA) is 117 Å². The molecule has 5 N–H and O–H groups in total. The highest BCUT2D eigenvalue weighted by atomic mass is 35.5. The second-order valence-electron chi connectivity index (χ2n) is 6.66. The Morgan fingerprint density at radius 3 is 2.71 bits per heavy atom. The molecule has 1 aliphatic carbocycles. The van der Waals surface area contributed by atoms with Crippen LogP contribution in [-0.4, -0.2) is 50.2 Å². The van der Waals surface area contributed by atoms with Crippen LogP contribution >= 0.6 is 23.4 Å². The van der Waals surface area contributed by atoms with Gasteiger partial charge in [-0.3, -0.25) is 0 Å². The van der Waals surface area contributed by atoms with Gasteiger partial charge in [-0.2, -0.15) is 9.97 Å². The van der Waals surface area contributed by atoms with Crippen LogP contribution in [0.4, 0.5) is 11.8 Å². The first-order valence-corrected chi connectivity index (χ1v) is 10.4. The molecule has 3 atom stereocenters. The average Bonchev–Trinajstić information content (AvgIpc) is 3.01. The summed E-state index contributed by atoms with van der Waals surface area (Å²) in [5.41, 5.74) is 7.80. The SMILES string of the molecule is CSc1ccc(C#Cc2c(Cl)nc(N)nc2NC2CC(O)C(CO)C2)c(C)n1. The third kappa shape index (κ3) is 4.67. The first-order valence-electron chi connectivity index (χ1n) is 8.83. The molecule has 1 saturated carbocycles. The zero-order chi connectivity index (χ0) is 20.3. The summed E-state index contributed by atoms with van der Waals surface area (Å²) in [6, 6.07) is 3.76. The van der Waals surface area contributed by atoms with Gasteiger partial charge in [0.1, 0.15) is 11.4 Å². The molecule has 1 aliphatic rings. The second kappa shape index (κ2) is 8.97. The van der Waals surface area contributed by atoms with Gasteiger partial charge in [-0.25, -0.2) is 4.98 Å².